The Kier molecular flexibility index (Phi) is 18.8. The lowest BCUT2D eigenvalue weighted by atomic mass is 10.0. The molecule has 0 spiro atoms. The highest BCUT2D eigenvalue weighted by Crippen LogP contribution is 2.26. The molecule has 2 unspecified atom stereocenters. The summed E-state index contributed by atoms with van der Waals surface area (Å²) in [6.45, 7) is 4.24. The second kappa shape index (κ2) is 24.2. The summed E-state index contributed by atoms with van der Waals surface area (Å²) < 4.78 is 39.9. The van der Waals surface area contributed by atoms with Gasteiger partial charge in [-0.2, -0.15) is 0 Å². The van der Waals surface area contributed by atoms with Crippen molar-refractivity contribution in [3.8, 4) is 0 Å². The highest BCUT2D eigenvalue weighted by atomic mass is 16.7. The number of hydrogen-bond donors (Lipinski definition) is 1. The number of hydrogen-bond acceptors (Lipinski definition) is 13. The molecule has 0 aromatic heterocycles. The fraction of sp³-hybridized carbons (Fsp3) is 0.422. The van der Waals surface area contributed by atoms with Gasteiger partial charge in [-0.25, -0.2) is 9.59 Å². The van der Waals surface area contributed by atoms with E-state index in [-0.39, 0.29) is 35.8 Å². The molecule has 4 rings (SSSR count). The Labute approximate surface area is 344 Å². The zero-order valence-corrected chi connectivity index (χ0v) is 33.9. The number of ether oxygens (including phenoxy) is 7. The van der Waals surface area contributed by atoms with Gasteiger partial charge in [0.1, 0.15) is 18.5 Å². The molecule has 0 radical (unpaired) electrons. The lowest BCUT2D eigenvalue weighted by Crippen LogP contribution is -2.54. The molecule has 14 heteroatoms. The first-order valence-corrected chi connectivity index (χ1v) is 19.7. The Morgan fingerprint density at radius 2 is 1.27 bits per heavy atom. The van der Waals surface area contributed by atoms with E-state index >= 15 is 0 Å². The molecule has 3 aromatic carbocycles. The number of carbonyl (C=O) groups is 6. The lowest BCUT2D eigenvalue weighted by Gasteiger charge is -2.36. The van der Waals surface area contributed by atoms with E-state index in [1.165, 1.54) is 25.5 Å². The first kappa shape index (κ1) is 45.8. The largest absolute Gasteiger partial charge is 0.463 e. The topological polar surface area (TPSA) is 179 Å². The summed E-state index contributed by atoms with van der Waals surface area (Å²) in [4.78, 5) is 76.3. The summed E-state index contributed by atoms with van der Waals surface area (Å²) in [5, 5.41) is 2.92. The van der Waals surface area contributed by atoms with Gasteiger partial charge in [0.05, 0.1) is 23.8 Å². The third kappa shape index (κ3) is 16.1. The Morgan fingerprint density at radius 3 is 1.86 bits per heavy atom. The van der Waals surface area contributed by atoms with Gasteiger partial charge in [0.15, 0.2) is 24.6 Å². The van der Waals surface area contributed by atoms with Crippen LogP contribution in [0.1, 0.15) is 92.5 Å². The third-order valence-electron chi connectivity index (χ3n) is 9.13. The van der Waals surface area contributed by atoms with Crippen LogP contribution in [-0.4, -0.2) is 85.7 Å². The molecule has 1 aliphatic heterocycles. The molecule has 1 heterocycles. The minimum absolute atomic E-state index is 0.0779. The van der Waals surface area contributed by atoms with Crippen molar-refractivity contribution >= 4 is 35.8 Å². The minimum Gasteiger partial charge on any atom is -0.463 e. The maximum absolute atomic E-state index is 13.6. The smallest absolute Gasteiger partial charge is 0.338 e. The number of unbranched alkanes of at least 4 members (excludes halogenated alkanes) is 4. The van der Waals surface area contributed by atoms with Crippen LogP contribution >= 0.6 is 0 Å². The third-order valence-corrected chi connectivity index (χ3v) is 9.13. The van der Waals surface area contributed by atoms with Crippen LogP contribution in [0.2, 0.25) is 0 Å². The quantitative estimate of drug-likeness (QED) is 0.0688. The van der Waals surface area contributed by atoms with Crippen LogP contribution < -0.4 is 5.32 Å². The molecular weight excluding hydrogens is 762 g/mol. The van der Waals surface area contributed by atoms with Gasteiger partial charge in [-0.15, -0.1) is 0 Å². The van der Waals surface area contributed by atoms with Gasteiger partial charge in [0.25, 0.3) is 0 Å². The minimum atomic E-state index is -1.40. The van der Waals surface area contributed by atoms with Crippen molar-refractivity contribution < 1.29 is 61.9 Å². The highest BCUT2D eigenvalue weighted by Gasteiger charge is 2.40. The average molecular weight is 816 g/mol. The van der Waals surface area contributed by atoms with Crippen LogP contribution in [0.25, 0.3) is 0 Å². The normalized spacial score (nSPS) is 17.6. The van der Waals surface area contributed by atoms with E-state index in [2.05, 4.69) is 17.4 Å². The van der Waals surface area contributed by atoms with Crippen LogP contribution in [0.15, 0.2) is 103 Å². The molecule has 0 saturated carbocycles. The molecule has 1 N–H and O–H groups in total. The molecule has 0 aliphatic carbocycles. The van der Waals surface area contributed by atoms with Gasteiger partial charge in [-0.3, -0.25) is 19.2 Å². The maximum Gasteiger partial charge on any atom is 0.338 e. The average Bonchev–Trinajstić information content (AvgIpc) is 3.21. The Hall–Kier alpha value is -5.86. The summed E-state index contributed by atoms with van der Waals surface area (Å²) in [6, 6.07) is 25.5. The van der Waals surface area contributed by atoms with Crippen molar-refractivity contribution in [2.45, 2.75) is 109 Å². The summed E-state index contributed by atoms with van der Waals surface area (Å²) in [7, 11) is 0. The predicted octanol–water partition coefficient (Wildman–Crippen LogP) is 6.21. The van der Waals surface area contributed by atoms with Gasteiger partial charge in [0.2, 0.25) is 5.91 Å². The number of benzene rings is 3. The van der Waals surface area contributed by atoms with Gasteiger partial charge < -0.3 is 38.5 Å². The van der Waals surface area contributed by atoms with E-state index in [1.807, 2.05) is 18.2 Å². The predicted molar refractivity (Wildman–Crippen MR) is 213 cm³/mol. The van der Waals surface area contributed by atoms with E-state index in [0.29, 0.717) is 6.42 Å². The van der Waals surface area contributed by atoms with Crippen molar-refractivity contribution in [3.63, 3.8) is 0 Å². The number of carbonyl (C=O) groups excluding carboxylic acids is 6. The van der Waals surface area contributed by atoms with Crippen molar-refractivity contribution in [1.82, 2.24) is 5.32 Å². The number of aryl methyl sites for hydroxylation is 1. The van der Waals surface area contributed by atoms with Gasteiger partial charge in [-0.1, -0.05) is 86.0 Å². The van der Waals surface area contributed by atoms with Crippen molar-refractivity contribution in [3.05, 3.63) is 120 Å². The standard InChI is InChI=1S/C45H53NO13/c1-30(55-43(51)35-22-14-9-15-23-35)42(59-44(52)36-24-16-10-17-25-36)37(46-41(50)26-18-7-5-6-11-19-34-20-12-8-13-21-34)28-54-45-39(57-33(4)49)27-38(56-32(3)48)40(58-45)29-53-31(2)47/h8-10,12-17,20-25,27,30,37,39-40,42,45H,5-7,11,18-19,26,28-29H2,1-4H3,(H,46,50)/t30-,37+,39+,40?,42-,45?/m1/s1. The molecule has 0 bridgehead atoms. The highest BCUT2D eigenvalue weighted by molar-refractivity contribution is 5.90. The SMILES string of the molecule is CC(=O)OCC1OC(OC[C@H](NC(=O)CCCCCCCc2ccccc2)[C@H](OC(=O)c2ccccc2)[C@@H](C)OC(=O)c2ccccc2)[C@@H](OC(C)=O)C=C1OC(C)=O. The van der Waals surface area contributed by atoms with E-state index in [4.69, 9.17) is 33.2 Å². The number of rotatable bonds is 22. The molecule has 14 nitrogen and oxygen atoms in total. The molecule has 3 aromatic rings. The van der Waals surface area contributed by atoms with Crippen molar-refractivity contribution in [2.75, 3.05) is 13.2 Å². The van der Waals surface area contributed by atoms with Crippen molar-refractivity contribution in [1.29, 1.82) is 0 Å². The van der Waals surface area contributed by atoms with Crippen molar-refractivity contribution in [2.24, 2.45) is 0 Å². The summed E-state index contributed by atoms with van der Waals surface area (Å²) >= 11 is 0. The molecule has 1 aliphatic rings. The Balaban J connectivity index is 1.57. The molecule has 0 saturated heterocycles. The molecule has 316 valence electrons. The first-order valence-electron chi connectivity index (χ1n) is 19.7. The van der Waals surface area contributed by atoms with Crippen LogP contribution in [0.4, 0.5) is 0 Å². The fourth-order valence-electron chi connectivity index (χ4n) is 6.28. The molecular formula is C45H53NO13. The number of esters is 5. The molecule has 59 heavy (non-hydrogen) atoms. The van der Waals surface area contributed by atoms with Crippen LogP contribution in [0.3, 0.4) is 0 Å². The van der Waals surface area contributed by atoms with E-state index in [0.717, 1.165) is 46.0 Å². The second-order valence-corrected chi connectivity index (χ2v) is 14.0. The van der Waals surface area contributed by atoms with E-state index in [9.17, 15) is 28.8 Å². The molecule has 6 atom stereocenters. The summed E-state index contributed by atoms with van der Waals surface area (Å²) in [5.74, 6) is -3.96. The summed E-state index contributed by atoms with van der Waals surface area (Å²) in [6.07, 6.45) is 0.490. The molecule has 1 amide bonds. The number of amides is 1. The Bertz CT molecular complexity index is 1850. The second-order valence-electron chi connectivity index (χ2n) is 14.0. The van der Waals surface area contributed by atoms with E-state index in [1.54, 1.807) is 60.7 Å². The van der Waals surface area contributed by atoms with Crippen LogP contribution in [-0.2, 0) is 58.8 Å². The molecule has 0 fully saturated rings. The fourth-order valence-corrected chi connectivity index (χ4v) is 6.28. The van der Waals surface area contributed by atoms with Crippen LogP contribution in [0, 0.1) is 0 Å². The first-order chi connectivity index (χ1) is 28.4. The van der Waals surface area contributed by atoms with Gasteiger partial charge in [0, 0.05) is 33.3 Å². The number of nitrogens with one attached hydrogen (secondary N) is 1. The monoisotopic (exact) mass is 815 g/mol. The van der Waals surface area contributed by atoms with E-state index < -0.39 is 73.2 Å². The maximum atomic E-state index is 13.6. The lowest BCUT2D eigenvalue weighted by molar-refractivity contribution is -0.234. The van der Waals surface area contributed by atoms with Gasteiger partial charge >= 0.3 is 29.8 Å². The Morgan fingerprint density at radius 1 is 0.695 bits per heavy atom. The van der Waals surface area contributed by atoms with Gasteiger partial charge in [-0.05, 0) is 56.0 Å². The van der Waals surface area contributed by atoms with Crippen LogP contribution in [0.5, 0.6) is 0 Å². The zero-order chi connectivity index (χ0) is 42.6. The summed E-state index contributed by atoms with van der Waals surface area (Å²) in [5.41, 5.74) is 1.74. The zero-order valence-electron chi connectivity index (χ0n) is 33.9.